The van der Waals surface area contributed by atoms with Crippen molar-refractivity contribution in [2.45, 2.75) is 64.1 Å². The van der Waals surface area contributed by atoms with Gasteiger partial charge in [0.2, 0.25) is 0 Å². The number of amidine groups is 1. The van der Waals surface area contributed by atoms with Crippen LogP contribution in [0.4, 0.5) is 14.6 Å². The number of piperidine rings is 1. The molecule has 39 heavy (non-hydrogen) atoms. The third kappa shape index (κ3) is 6.21. The van der Waals surface area contributed by atoms with Crippen LogP contribution < -0.4 is 26.5 Å². The fourth-order valence-corrected chi connectivity index (χ4v) is 5.17. The van der Waals surface area contributed by atoms with Crippen LogP contribution in [0.3, 0.4) is 0 Å². The van der Waals surface area contributed by atoms with Crippen molar-refractivity contribution in [3.8, 4) is 0 Å². The maximum absolute atomic E-state index is 14.5. The number of nitrogens with zero attached hydrogens (tertiary/aromatic N) is 5. The Morgan fingerprint density at radius 1 is 1.28 bits per heavy atom. The smallest absolute Gasteiger partial charge is 0.162 e. The van der Waals surface area contributed by atoms with Gasteiger partial charge in [0.25, 0.3) is 0 Å². The minimum atomic E-state index is -1.38. The molecule has 3 N–H and O–H groups in total. The number of hydrogen-bond donors (Lipinski definition) is 3. The highest BCUT2D eigenvalue weighted by atomic mass is 19.1. The average molecular weight is 535 g/mol. The Bertz CT molecular complexity index is 1390. The maximum Gasteiger partial charge on any atom is 0.162 e. The molecule has 0 bridgehead atoms. The molecule has 1 saturated heterocycles. The number of alkyl halides is 2. The summed E-state index contributed by atoms with van der Waals surface area (Å²) in [6.07, 6.45) is 12.5. The summed E-state index contributed by atoms with van der Waals surface area (Å²) < 4.78 is 27.7. The minimum absolute atomic E-state index is 0.00892. The second-order valence-electron chi connectivity index (χ2n) is 10.6. The van der Waals surface area contributed by atoms with Crippen molar-refractivity contribution in [1.29, 1.82) is 0 Å². The minimum Gasteiger partial charge on any atom is -0.364 e. The third-order valence-electron chi connectivity index (χ3n) is 7.62. The van der Waals surface area contributed by atoms with Crippen molar-refractivity contribution in [2.75, 3.05) is 25.1 Å². The number of nitrogens with one attached hydrogen (secondary N) is 3. The number of anilines is 1. The molecule has 1 unspecified atom stereocenters. The molecule has 4 heterocycles. The van der Waals surface area contributed by atoms with E-state index in [1.54, 1.807) is 12.3 Å². The molecule has 0 amide bonds. The molecule has 0 radical (unpaired) electrons. The molecule has 1 aliphatic carbocycles. The summed E-state index contributed by atoms with van der Waals surface area (Å²) >= 11 is 0. The van der Waals surface area contributed by atoms with Gasteiger partial charge in [0.05, 0.1) is 11.5 Å². The fourth-order valence-electron chi connectivity index (χ4n) is 5.17. The molecular formula is C29H36F2N8. The summed E-state index contributed by atoms with van der Waals surface area (Å²) in [5.74, 6) is 2.02. The van der Waals surface area contributed by atoms with Crippen molar-refractivity contribution in [3.05, 3.63) is 46.1 Å². The highest BCUT2D eigenvalue weighted by Crippen LogP contribution is 2.38. The van der Waals surface area contributed by atoms with E-state index in [0.29, 0.717) is 17.3 Å². The first-order chi connectivity index (χ1) is 18.9. The van der Waals surface area contributed by atoms with Gasteiger partial charge in [0, 0.05) is 41.1 Å². The molecule has 3 aliphatic heterocycles. The number of fused-ring (bicyclic) bond motifs is 1. The molecule has 0 spiro atoms. The predicted octanol–water partition coefficient (Wildman–Crippen LogP) is 3.33. The topological polar surface area (TPSA) is 99.0 Å². The quantitative estimate of drug-likeness (QED) is 0.351. The zero-order valence-electron chi connectivity index (χ0n) is 22.6. The van der Waals surface area contributed by atoms with Gasteiger partial charge in [-0.1, -0.05) is 12.2 Å². The van der Waals surface area contributed by atoms with Gasteiger partial charge in [0.15, 0.2) is 17.8 Å². The standard InChI is InChI=1S/C29H36F2N8/c1-4-18(15-24(32-3)37-27-22(31)8-7-20(16-30)35-27)26-36-23-17-34-12-9-21(19-5-6-19)25(23)28(38-26)39-29(2)10-13-33-14-11-29/h4,7,12,15,17,19,22,33H,3,5-6,8-11,13-14,16H2,1-2H3,(H,35,37)(H,36,38,39)/b18-4+,24-15+. The Kier molecular flexibility index (Phi) is 8.11. The number of aliphatic imine (C=N–C) groups is 3. The normalized spacial score (nSPS) is 24.3. The molecule has 1 saturated carbocycles. The first-order valence-electron chi connectivity index (χ1n) is 13.6. The molecular weight excluding hydrogens is 498 g/mol. The lowest BCUT2D eigenvalue weighted by Crippen LogP contribution is -2.48. The van der Waals surface area contributed by atoms with E-state index in [-0.39, 0.29) is 29.3 Å². The number of aromatic nitrogens is 2. The van der Waals surface area contributed by atoms with E-state index in [1.807, 2.05) is 19.2 Å². The Balaban J connectivity index is 1.59. The average Bonchev–Trinajstić information content (AvgIpc) is 3.79. The molecule has 1 aromatic rings. The van der Waals surface area contributed by atoms with E-state index in [2.05, 4.69) is 44.6 Å². The predicted molar refractivity (Wildman–Crippen MR) is 155 cm³/mol. The first kappa shape index (κ1) is 27.1. The SMILES string of the molecule is C=NC(=C\C(=C/C)c1nc(NC2(C)CCNCC2)c2c(n1)=CN=CCC=2C1CC1)/N=C1/NC(CF)=CCC1F. The lowest BCUT2D eigenvalue weighted by molar-refractivity contribution is 0.364. The van der Waals surface area contributed by atoms with Crippen molar-refractivity contribution >= 4 is 41.9 Å². The Labute approximate surface area is 227 Å². The number of allylic oxidation sites excluding steroid dienone is 5. The highest BCUT2D eigenvalue weighted by Gasteiger charge is 2.31. The van der Waals surface area contributed by atoms with Crippen LogP contribution in [0, 0.1) is 5.92 Å². The summed E-state index contributed by atoms with van der Waals surface area (Å²) in [7, 11) is 0. The van der Waals surface area contributed by atoms with Crippen molar-refractivity contribution in [2.24, 2.45) is 20.9 Å². The lowest BCUT2D eigenvalue weighted by atomic mass is 9.90. The van der Waals surface area contributed by atoms with Crippen LogP contribution in [-0.4, -0.2) is 60.2 Å². The van der Waals surface area contributed by atoms with Crippen LogP contribution >= 0.6 is 0 Å². The van der Waals surface area contributed by atoms with Gasteiger partial charge in [-0.3, -0.25) is 4.99 Å². The Hall–Kier alpha value is -3.53. The largest absolute Gasteiger partial charge is 0.364 e. The van der Waals surface area contributed by atoms with Gasteiger partial charge >= 0.3 is 0 Å². The second-order valence-corrected chi connectivity index (χ2v) is 10.6. The van der Waals surface area contributed by atoms with Crippen molar-refractivity contribution < 1.29 is 8.78 Å². The van der Waals surface area contributed by atoms with Gasteiger partial charge in [0.1, 0.15) is 18.3 Å². The maximum atomic E-state index is 14.5. The summed E-state index contributed by atoms with van der Waals surface area (Å²) in [5, 5.41) is 11.8. The number of hydrogen-bond acceptors (Lipinski definition) is 7. The van der Waals surface area contributed by atoms with E-state index in [0.717, 1.165) is 48.7 Å². The van der Waals surface area contributed by atoms with Crippen LogP contribution in [0.5, 0.6) is 0 Å². The van der Waals surface area contributed by atoms with Crippen LogP contribution in [-0.2, 0) is 0 Å². The molecule has 206 valence electrons. The van der Waals surface area contributed by atoms with E-state index >= 15 is 0 Å². The van der Waals surface area contributed by atoms with E-state index in [4.69, 9.17) is 9.97 Å². The molecule has 1 aromatic heterocycles. The molecule has 0 aromatic carbocycles. The van der Waals surface area contributed by atoms with Gasteiger partial charge < -0.3 is 16.0 Å². The zero-order valence-corrected chi connectivity index (χ0v) is 22.6. The fraction of sp³-hybridized carbons (Fsp3) is 0.483. The second kappa shape index (κ2) is 11.7. The summed E-state index contributed by atoms with van der Waals surface area (Å²) in [6.45, 7) is 8.90. The Morgan fingerprint density at radius 3 is 2.77 bits per heavy atom. The van der Waals surface area contributed by atoms with E-state index in [9.17, 15) is 8.78 Å². The monoisotopic (exact) mass is 534 g/mol. The first-order valence-corrected chi connectivity index (χ1v) is 13.6. The third-order valence-corrected chi connectivity index (χ3v) is 7.62. The van der Waals surface area contributed by atoms with Crippen molar-refractivity contribution in [3.63, 3.8) is 0 Å². The number of halogens is 2. The zero-order chi connectivity index (χ0) is 27.4. The van der Waals surface area contributed by atoms with Gasteiger partial charge in [-0.25, -0.2) is 28.7 Å². The number of rotatable bonds is 8. The summed E-state index contributed by atoms with van der Waals surface area (Å²) in [4.78, 5) is 22.8. The van der Waals surface area contributed by atoms with Crippen molar-refractivity contribution in [1.82, 2.24) is 20.6 Å². The van der Waals surface area contributed by atoms with Gasteiger partial charge in [-0.05, 0) is 76.9 Å². The highest BCUT2D eigenvalue weighted by molar-refractivity contribution is 5.90. The van der Waals surface area contributed by atoms with Gasteiger partial charge in [-0.2, -0.15) is 0 Å². The molecule has 4 aliphatic rings. The Morgan fingerprint density at radius 2 is 2.08 bits per heavy atom. The summed E-state index contributed by atoms with van der Waals surface area (Å²) in [6, 6.07) is 0. The molecule has 1 atom stereocenters. The molecule has 10 heteroatoms. The van der Waals surface area contributed by atoms with E-state index < -0.39 is 12.8 Å². The van der Waals surface area contributed by atoms with Crippen LogP contribution in [0.1, 0.15) is 58.2 Å². The molecule has 2 fully saturated rings. The molecule has 5 rings (SSSR count). The van der Waals surface area contributed by atoms with Crippen LogP contribution in [0.2, 0.25) is 0 Å². The van der Waals surface area contributed by atoms with E-state index in [1.165, 1.54) is 24.5 Å². The van der Waals surface area contributed by atoms with Crippen LogP contribution in [0.15, 0.2) is 44.7 Å². The van der Waals surface area contributed by atoms with Gasteiger partial charge in [-0.15, -0.1) is 0 Å². The lowest BCUT2D eigenvalue weighted by Gasteiger charge is -2.35. The molecule has 8 nitrogen and oxygen atoms in total. The van der Waals surface area contributed by atoms with Crippen LogP contribution in [0.25, 0.3) is 17.3 Å². The summed E-state index contributed by atoms with van der Waals surface area (Å²) in [5.41, 5.74) is 2.17.